The van der Waals surface area contributed by atoms with Gasteiger partial charge in [0, 0.05) is 24.3 Å². The van der Waals surface area contributed by atoms with Gasteiger partial charge in [-0.2, -0.15) is 5.26 Å². The third kappa shape index (κ3) is 5.88. The van der Waals surface area contributed by atoms with Crippen molar-refractivity contribution in [3.8, 4) is 17.6 Å². The molecule has 8 heteroatoms. The topological polar surface area (TPSA) is 59.3 Å². The lowest BCUT2D eigenvalue weighted by Crippen LogP contribution is -2.35. The molecule has 0 N–H and O–H groups in total. The van der Waals surface area contributed by atoms with Gasteiger partial charge in [-0.05, 0) is 31.1 Å². The molecular weight excluding hydrogens is 450 g/mol. The highest BCUT2D eigenvalue weighted by atomic mass is 19.1. The monoisotopic (exact) mass is 477 g/mol. The summed E-state index contributed by atoms with van der Waals surface area (Å²) in [5, 5.41) is 8.71. The summed E-state index contributed by atoms with van der Waals surface area (Å²) in [5.41, 5.74) is -1.86. The van der Waals surface area contributed by atoms with Crippen LogP contribution in [0.1, 0.15) is 74.7 Å². The van der Waals surface area contributed by atoms with E-state index in [0.29, 0.717) is 12.1 Å². The fourth-order valence-corrected chi connectivity index (χ4v) is 4.60. The molecule has 182 valence electrons. The second kappa shape index (κ2) is 11.4. The van der Waals surface area contributed by atoms with Crippen LogP contribution in [0, 0.1) is 46.4 Å². The molecule has 2 aromatic carbocycles. The molecule has 3 rings (SSSR count). The predicted octanol–water partition coefficient (Wildman–Crippen LogP) is 7.10. The molecule has 0 spiro atoms. The molecule has 0 radical (unpaired) electrons. The van der Waals surface area contributed by atoms with Gasteiger partial charge in [0.1, 0.15) is 58.1 Å². The number of ether oxygens (including phenoxy) is 2. The Balaban J connectivity index is 1.82. The number of carbonyl (C=O) groups is 1. The van der Waals surface area contributed by atoms with Crippen LogP contribution in [0.2, 0.25) is 0 Å². The van der Waals surface area contributed by atoms with Gasteiger partial charge in [0.15, 0.2) is 0 Å². The van der Waals surface area contributed by atoms with Gasteiger partial charge in [0.25, 0.3) is 0 Å². The van der Waals surface area contributed by atoms with Crippen LogP contribution < -0.4 is 9.47 Å². The molecule has 0 bridgehead atoms. The van der Waals surface area contributed by atoms with Crippen LogP contribution in [-0.4, -0.2) is 12.1 Å². The van der Waals surface area contributed by atoms with Crippen molar-refractivity contribution in [2.45, 2.75) is 64.9 Å². The minimum atomic E-state index is -1.46. The number of halogens is 4. The Bertz CT molecular complexity index is 1030. The molecule has 0 saturated heterocycles. The van der Waals surface area contributed by atoms with Crippen molar-refractivity contribution in [3.63, 3.8) is 0 Å². The van der Waals surface area contributed by atoms with E-state index in [-0.39, 0.29) is 23.7 Å². The smallest absolute Gasteiger partial charge is 0.349 e. The highest BCUT2D eigenvalue weighted by molar-refractivity contribution is 5.91. The lowest BCUT2D eigenvalue weighted by atomic mass is 9.79. The average molecular weight is 477 g/mol. The van der Waals surface area contributed by atoms with Crippen LogP contribution in [-0.2, 0) is 0 Å². The van der Waals surface area contributed by atoms with Gasteiger partial charge in [-0.25, -0.2) is 22.4 Å². The molecule has 1 fully saturated rings. The second-order valence-corrected chi connectivity index (χ2v) is 8.77. The molecule has 2 aromatic rings. The van der Waals surface area contributed by atoms with E-state index in [1.54, 1.807) is 0 Å². The maximum Gasteiger partial charge on any atom is 0.349 e. The van der Waals surface area contributed by atoms with Crippen LogP contribution in [0.4, 0.5) is 17.6 Å². The van der Waals surface area contributed by atoms with Crippen LogP contribution in [0.3, 0.4) is 0 Å². The first kappa shape index (κ1) is 25.5. The van der Waals surface area contributed by atoms with Gasteiger partial charge in [-0.3, -0.25) is 0 Å². The molecular formula is C26H27F4NO3. The largest absolute Gasteiger partial charge is 0.490 e. The summed E-state index contributed by atoms with van der Waals surface area (Å²) in [5.74, 6) is -6.58. The number of hydrogen-bond donors (Lipinski definition) is 0. The molecule has 1 aliphatic rings. The minimum absolute atomic E-state index is 0.0273. The van der Waals surface area contributed by atoms with Gasteiger partial charge in [-0.15, -0.1) is 0 Å². The highest BCUT2D eigenvalue weighted by Gasteiger charge is 2.31. The number of rotatable bonds is 8. The minimum Gasteiger partial charge on any atom is -0.490 e. The Hall–Kier alpha value is -3.08. The van der Waals surface area contributed by atoms with Gasteiger partial charge < -0.3 is 9.47 Å². The van der Waals surface area contributed by atoms with E-state index in [1.165, 1.54) is 12.5 Å². The molecule has 0 heterocycles. The van der Waals surface area contributed by atoms with Crippen molar-refractivity contribution in [1.82, 2.24) is 0 Å². The molecule has 0 aliphatic heterocycles. The Morgan fingerprint density at radius 2 is 1.56 bits per heavy atom. The lowest BCUT2D eigenvalue weighted by molar-refractivity contribution is 0.0573. The Kier molecular flexibility index (Phi) is 8.54. The first-order chi connectivity index (χ1) is 16.2. The van der Waals surface area contributed by atoms with Crippen molar-refractivity contribution in [2.24, 2.45) is 11.8 Å². The molecule has 0 aromatic heterocycles. The zero-order chi connectivity index (χ0) is 24.8. The third-order valence-corrected chi connectivity index (χ3v) is 6.25. The van der Waals surface area contributed by atoms with Crippen LogP contribution in [0.15, 0.2) is 24.3 Å². The number of benzene rings is 2. The van der Waals surface area contributed by atoms with E-state index in [1.807, 2.05) is 0 Å². The quantitative estimate of drug-likeness (QED) is 0.231. The first-order valence-corrected chi connectivity index (χ1v) is 11.5. The Labute approximate surface area is 196 Å². The van der Waals surface area contributed by atoms with E-state index in [2.05, 4.69) is 13.8 Å². The number of carbonyl (C=O) groups excluding carboxylic acids is 1. The fourth-order valence-electron chi connectivity index (χ4n) is 4.60. The first-order valence-electron chi connectivity index (χ1n) is 11.5. The summed E-state index contributed by atoms with van der Waals surface area (Å²) < 4.78 is 67.9. The number of nitrogens with zero attached hydrogens (tertiary/aromatic N) is 1. The molecule has 4 nitrogen and oxygen atoms in total. The van der Waals surface area contributed by atoms with Crippen LogP contribution in [0.5, 0.6) is 11.5 Å². The normalized spacial score (nSPS) is 15.9. The van der Waals surface area contributed by atoms with Crippen LogP contribution >= 0.6 is 0 Å². The SMILES string of the molecule is CCCC(C)C(Oc1cc(F)c(C(=O)Oc2cc(F)c(C#N)c(F)c2)c(F)c1)C1CCCCC1. The lowest BCUT2D eigenvalue weighted by Gasteiger charge is -2.34. The number of esters is 1. The van der Waals surface area contributed by atoms with Crippen molar-refractivity contribution in [3.05, 3.63) is 58.7 Å². The Morgan fingerprint density at radius 1 is 1.00 bits per heavy atom. The summed E-state index contributed by atoms with van der Waals surface area (Å²) >= 11 is 0. The van der Waals surface area contributed by atoms with Crippen LogP contribution in [0.25, 0.3) is 0 Å². The van der Waals surface area contributed by atoms with Gasteiger partial charge in [-0.1, -0.05) is 39.5 Å². The van der Waals surface area contributed by atoms with Crippen molar-refractivity contribution in [2.75, 3.05) is 0 Å². The number of hydrogen-bond acceptors (Lipinski definition) is 4. The summed E-state index contributed by atoms with van der Waals surface area (Å²) in [6.07, 6.45) is 6.99. The maximum atomic E-state index is 14.8. The number of nitriles is 1. The second-order valence-electron chi connectivity index (χ2n) is 8.77. The molecule has 34 heavy (non-hydrogen) atoms. The van der Waals surface area contributed by atoms with Gasteiger partial charge >= 0.3 is 5.97 Å². The van der Waals surface area contributed by atoms with E-state index in [0.717, 1.165) is 50.7 Å². The molecule has 1 saturated carbocycles. The zero-order valence-electron chi connectivity index (χ0n) is 19.2. The summed E-state index contributed by atoms with van der Waals surface area (Å²) in [4.78, 5) is 12.4. The zero-order valence-corrected chi connectivity index (χ0v) is 19.2. The standard InChI is InChI=1S/C26H27F4NO3/c1-3-7-15(2)25(16-8-5-4-6-9-16)33-17-12-22(29)24(23(30)13-17)26(32)34-18-10-20(27)19(14-31)21(28)11-18/h10-13,15-16,25H,3-9H2,1-2H3. The van der Waals surface area contributed by atoms with E-state index in [9.17, 15) is 22.4 Å². The Morgan fingerprint density at radius 3 is 2.09 bits per heavy atom. The predicted molar refractivity (Wildman–Crippen MR) is 117 cm³/mol. The van der Waals surface area contributed by atoms with Crippen molar-refractivity contribution >= 4 is 5.97 Å². The highest BCUT2D eigenvalue weighted by Crippen LogP contribution is 2.35. The molecule has 1 aliphatic carbocycles. The molecule has 2 unspecified atom stereocenters. The summed E-state index contributed by atoms with van der Waals surface area (Å²) in [6, 6.07) is 4.37. The fraction of sp³-hybridized carbons (Fsp3) is 0.462. The maximum absolute atomic E-state index is 14.8. The van der Waals surface area contributed by atoms with E-state index in [4.69, 9.17) is 14.7 Å². The third-order valence-electron chi connectivity index (χ3n) is 6.25. The summed E-state index contributed by atoms with van der Waals surface area (Å²) in [7, 11) is 0. The van der Waals surface area contributed by atoms with E-state index < -0.39 is 46.1 Å². The molecule has 0 amide bonds. The average Bonchev–Trinajstić information content (AvgIpc) is 2.77. The van der Waals surface area contributed by atoms with Crippen molar-refractivity contribution in [1.29, 1.82) is 5.26 Å². The summed E-state index contributed by atoms with van der Waals surface area (Å²) in [6.45, 7) is 4.14. The van der Waals surface area contributed by atoms with Gasteiger partial charge in [0.2, 0.25) is 0 Å². The van der Waals surface area contributed by atoms with Gasteiger partial charge in [0.05, 0.1) is 0 Å². The molecule has 2 atom stereocenters. The van der Waals surface area contributed by atoms with E-state index >= 15 is 0 Å². The van der Waals surface area contributed by atoms with Crippen molar-refractivity contribution < 1.29 is 31.8 Å².